The standard InChI is InChI=1S/C16H23ClN2/c17-15-6-4-12(5-7-15)16(18)8-9-19-10-13-2-1-3-14(13)11-19/h4-7,13-14,16H,1-3,8-11,18H2. The van der Waals surface area contributed by atoms with Gasteiger partial charge in [-0.2, -0.15) is 0 Å². The number of nitrogens with two attached hydrogens (primary N) is 1. The van der Waals surface area contributed by atoms with Crippen LogP contribution >= 0.6 is 11.6 Å². The molecule has 1 aromatic carbocycles. The van der Waals surface area contributed by atoms with Crippen LogP contribution in [0.2, 0.25) is 5.02 Å². The molecule has 3 heteroatoms. The Kier molecular flexibility index (Phi) is 4.11. The van der Waals surface area contributed by atoms with Gasteiger partial charge in [-0.05, 0) is 55.3 Å². The second-order valence-electron chi connectivity index (χ2n) is 6.16. The lowest BCUT2D eigenvalue weighted by Gasteiger charge is -2.19. The number of likely N-dealkylation sites (tertiary alicyclic amines) is 1. The molecule has 1 heterocycles. The van der Waals surface area contributed by atoms with Crippen LogP contribution in [0.4, 0.5) is 0 Å². The largest absolute Gasteiger partial charge is 0.324 e. The van der Waals surface area contributed by atoms with Crippen molar-refractivity contribution in [3.63, 3.8) is 0 Å². The average Bonchev–Trinajstić information content (AvgIpc) is 2.97. The lowest BCUT2D eigenvalue weighted by molar-refractivity contribution is 0.298. The molecule has 104 valence electrons. The number of nitrogens with zero attached hydrogens (tertiary/aromatic N) is 1. The minimum atomic E-state index is 0.137. The fourth-order valence-corrected chi connectivity index (χ4v) is 3.84. The summed E-state index contributed by atoms with van der Waals surface area (Å²) in [6.07, 6.45) is 5.39. The number of fused-ring (bicyclic) bond motifs is 1. The number of benzene rings is 1. The summed E-state index contributed by atoms with van der Waals surface area (Å²) in [7, 11) is 0. The number of halogens is 1. The van der Waals surface area contributed by atoms with Gasteiger partial charge in [0.25, 0.3) is 0 Å². The van der Waals surface area contributed by atoms with E-state index in [9.17, 15) is 0 Å². The normalized spacial score (nSPS) is 28.5. The van der Waals surface area contributed by atoms with E-state index in [4.69, 9.17) is 17.3 Å². The highest BCUT2D eigenvalue weighted by Gasteiger charge is 2.35. The first-order valence-corrected chi connectivity index (χ1v) is 7.83. The molecule has 0 aromatic heterocycles. The van der Waals surface area contributed by atoms with E-state index in [2.05, 4.69) is 4.90 Å². The molecule has 1 aliphatic carbocycles. The van der Waals surface area contributed by atoms with Crippen molar-refractivity contribution in [3.8, 4) is 0 Å². The molecule has 19 heavy (non-hydrogen) atoms. The van der Waals surface area contributed by atoms with Crippen LogP contribution in [0.15, 0.2) is 24.3 Å². The van der Waals surface area contributed by atoms with E-state index in [1.54, 1.807) is 0 Å². The Balaban J connectivity index is 1.48. The van der Waals surface area contributed by atoms with Crippen LogP contribution in [0.3, 0.4) is 0 Å². The first-order chi connectivity index (χ1) is 9.22. The maximum atomic E-state index is 6.27. The quantitative estimate of drug-likeness (QED) is 0.914. The van der Waals surface area contributed by atoms with E-state index >= 15 is 0 Å². The summed E-state index contributed by atoms with van der Waals surface area (Å²) >= 11 is 5.90. The van der Waals surface area contributed by atoms with Gasteiger partial charge in [0.15, 0.2) is 0 Å². The first kappa shape index (κ1) is 13.4. The lowest BCUT2D eigenvalue weighted by atomic mass is 10.0. The third-order valence-corrected chi connectivity index (χ3v) is 5.11. The number of hydrogen-bond acceptors (Lipinski definition) is 2. The monoisotopic (exact) mass is 278 g/mol. The molecule has 0 spiro atoms. The second kappa shape index (κ2) is 5.82. The van der Waals surface area contributed by atoms with Gasteiger partial charge < -0.3 is 10.6 Å². The SMILES string of the molecule is NC(CCN1CC2CCCC2C1)c1ccc(Cl)cc1. The highest BCUT2D eigenvalue weighted by Crippen LogP contribution is 2.37. The summed E-state index contributed by atoms with van der Waals surface area (Å²) in [5.74, 6) is 1.96. The molecule has 0 amide bonds. The zero-order chi connectivity index (χ0) is 13.2. The van der Waals surface area contributed by atoms with Crippen molar-refractivity contribution in [2.75, 3.05) is 19.6 Å². The van der Waals surface area contributed by atoms with Crippen molar-refractivity contribution in [1.29, 1.82) is 0 Å². The Morgan fingerprint density at radius 3 is 2.42 bits per heavy atom. The molecule has 2 nitrogen and oxygen atoms in total. The molecule has 1 saturated heterocycles. The molecule has 2 aliphatic rings. The lowest BCUT2D eigenvalue weighted by Crippen LogP contribution is -2.26. The van der Waals surface area contributed by atoms with Gasteiger partial charge in [-0.3, -0.25) is 0 Å². The molecule has 2 N–H and O–H groups in total. The molecule has 2 fully saturated rings. The highest BCUT2D eigenvalue weighted by atomic mass is 35.5. The minimum Gasteiger partial charge on any atom is -0.324 e. The topological polar surface area (TPSA) is 29.3 Å². The van der Waals surface area contributed by atoms with Crippen LogP contribution in [-0.2, 0) is 0 Å². The van der Waals surface area contributed by atoms with Crippen LogP contribution in [0, 0.1) is 11.8 Å². The maximum Gasteiger partial charge on any atom is 0.0406 e. The summed E-state index contributed by atoms with van der Waals surface area (Å²) in [4.78, 5) is 2.62. The average molecular weight is 279 g/mol. The summed E-state index contributed by atoms with van der Waals surface area (Å²) in [5.41, 5.74) is 7.47. The van der Waals surface area contributed by atoms with Gasteiger partial charge in [0.1, 0.15) is 0 Å². The Morgan fingerprint density at radius 2 is 1.79 bits per heavy atom. The van der Waals surface area contributed by atoms with Crippen molar-refractivity contribution in [3.05, 3.63) is 34.9 Å². The maximum absolute atomic E-state index is 6.27. The Hall–Kier alpha value is -0.570. The second-order valence-corrected chi connectivity index (χ2v) is 6.59. The summed E-state index contributed by atoms with van der Waals surface area (Å²) < 4.78 is 0. The molecular formula is C16H23ClN2. The van der Waals surface area contributed by atoms with Crippen molar-refractivity contribution < 1.29 is 0 Å². The van der Waals surface area contributed by atoms with E-state index < -0.39 is 0 Å². The first-order valence-electron chi connectivity index (χ1n) is 7.46. The van der Waals surface area contributed by atoms with E-state index in [0.717, 1.165) is 29.8 Å². The fourth-order valence-electron chi connectivity index (χ4n) is 3.71. The molecule has 3 atom stereocenters. The zero-order valence-electron chi connectivity index (χ0n) is 11.4. The third kappa shape index (κ3) is 3.13. The van der Waals surface area contributed by atoms with Gasteiger partial charge in [0.05, 0.1) is 0 Å². The minimum absolute atomic E-state index is 0.137. The Labute approximate surface area is 120 Å². The van der Waals surface area contributed by atoms with Gasteiger partial charge >= 0.3 is 0 Å². The van der Waals surface area contributed by atoms with Crippen LogP contribution < -0.4 is 5.73 Å². The highest BCUT2D eigenvalue weighted by molar-refractivity contribution is 6.30. The Bertz CT molecular complexity index is 405. The van der Waals surface area contributed by atoms with Crippen LogP contribution in [0.25, 0.3) is 0 Å². The molecule has 1 saturated carbocycles. The fraction of sp³-hybridized carbons (Fsp3) is 0.625. The summed E-state index contributed by atoms with van der Waals surface area (Å²) in [6.45, 7) is 3.74. The number of rotatable bonds is 4. The van der Waals surface area contributed by atoms with Crippen LogP contribution in [-0.4, -0.2) is 24.5 Å². The van der Waals surface area contributed by atoms with Gasteiger partial charge in [-0.25, -0.2) is 0 Å². The molecule has 3 rings (SSSR count). The van der Waals surface area contributed by atoms with Gasteiger partial charge in [0.2, 0.25) is 0 Å². The summed E-state index contributed by atoms with van der Waals surface area (Å²) in [5, 5.41) is 0.781. The molecule has 1 aromatic rings. The zero-order valence-corrected chi connectivity index (χ0v) is 12.1. The van der Waals surface area contributed by atoms with Crippen molar-refractivity contribution in [2.24, 2.45) is 17.6 Å². The van der Waals surface area contributed by atoms with Crippen LogP contribution in [0.5, 0.6) is 0 Å². The van der Waals surface area contributed by atoms with Crippen molar-refractivity contribution in [2.45, 2.75) is 31.7 Å². The molecule has 3 unspecified atom stereocenters. The van der Waals surface area contributed by atoms with E-state index in [1.165, 1.54) is 37.9 Å². The van der Waals surface area contributed by atoms with Gasteiger partial charge in [-0.1, -0.05) is 30.2 Å². The predicted octanol–water partition coefficient (Wildman–Crippen LogP) is 3.46. The van der Waals surface area contributed by atoms with Crippen molar-refractivity contribution >= 4 is 11.6 Å². The molecular weight excluding hydrogens is 256 g/mol. The molecule has 1 aliphatic heterocycles. The Morgan fingerprint density at radius 1 is 1.16 bits per heavy atom. The molecule has 0 bridgehead atoms. The van der Waals surface area contributed by atoms with Gasteiger partial charge in [0, 0.05) is 24.2 Å². The van der Waals surface area contributed by atoms with Crippen LogP contribution in [0.1, 0.15) is 37.3 Å². The van der Waals surface area contributed by atoms with E-state index in [1.807, 2.05) is 24.3 Å². The van der Waals surface area contributed by atoms with E-state index in [-0.39, 0.29) is 6.04 Å². The third-order valence-electron chi connectivity index (χ3n) is 4.86. The number of hydrogen-bond donors (Lipinski definition) is 1. The van der Waals surface area contributed by atoms with Crippen molar-refractivity contribution in [1.82, 2.24) is 4.90 Å². The molecule has 0 radical (unpaired) electrons. The summed E-state index contributed by atoms with van der Waals surface area (Å²) in [6, 6.07) is 8.09. The predicted molar refractivity (Wildman–Crippen MR) is 80.3 cm³/mol. The van der Waals surface area contributed by atoms with E-state index in [0.29, 0.717) is 0 Å². The smallest absolute Gasteiger partial charge is 0.0406 e. The van der Waals surface area contributed by atoms with Gasteiger partial charge in [-0.15, -0.1) is 0 Å².